The minimum Gasteiger partial charge on any atom is -0.353 e. The minimum atomic E-state index is -0.331. The van der Waals surface area contributed by atoms with E-state index in [1.54, 1.807) is 0 Å². The molecule has 3 atom stereocenters. The van der Waals surface area contributed by atoms with Crippen LogP contribution in [0.5, 0.6) is 0 Å². The van der Waals surface area contributed by atoms with E-state index in [1.165, 1.54) is 11.9 Å². The molecule has 198 valence electrons. The lowest BCUT2D eigenvalue weighted by atomic mass is 9.74. The number of allylic oxidation sites excluding steroid dienone is 2. The first-order valence-corrected chi connectivity index (χ1v) is 14.0. The Morgan fingerprint density at radius 1 is 1.26 bits per heavy atom. The summed E-state index contributed by atoms with van der Waals surface area (Å²) in [6.07, 6.45) is 10.9. The summed E-state index contributed by atoms with van der Waals surface area (Å²) >= 11 is 7.45. The highest BCUT2D eigenvalue weighted by Gasteiger charge is 2.37. The topological polar surface area (TPSA) is 70.2 Å². The molecule has 2 rings (SSSR count). The number of hydrogen-bond donors (Lipinski definition) is 3. The zero-order valence-electron chi connectivity index (χ0n) is 22.6. The number of carbonyl (C=O) groups excluding carboxylic acids is 2. The van der Waals surface area contributed by atoms with Gasteiger partial charge in [-0.3, -0.25) is 4.79 Å². The van der Waals surface area contributed by atoms with Crippen molar-refractivity contribution in [3.8, 4) is 0 Å². The molecule has 0 saturated heterocycles. The van der Waals surface area contributed by atoms with Gasteiger partial charge in [-0.1, -0.05) is 56.2 Å². The van der Waals surface area contributed by atoms with E-state index in [4.69, 9.17) is 11.6 Å². The van der Waals surface area contributed by atoms with Crippen molar-refractivity contribution >= 4 is 35.7 Å². The molecule has 35 heavy (non-hydrogen) atoms. The summed E-state index contributed by atoms with van der Waals surface area (Å²) in [5, 5.41) is 7.13. The highest BCUT2D eigenvalue weighted by Crippen LogP contribution is 2.35. The molecule has 0 heterocycles. The Bertz CT molecular complexity index is 813. The lowest BCUT2D eigenvalue weighted by Gasteiger charge is -2.36. The summed E-state index contributed by atoms with van der Waals surface area (Å²) in [6.45, 7) is 12.5. The van der Waals surface area contributed by atoms with Crippen LogP contribution in [0.15, 0.2) is 41.3 Å². The third kappa shape index (κ3) is 10.3. The van der Waals surface area contributed by atoms with Crippen LogP contribution in [-0.2, 0) is 9.59 Å². The SMILES string of the molecule is CC=CCC(C)(CC(CC)C(C)NC)C(=O)NC(C)C.O=CC1(NSc2ccccc2Cl)CCC1. The van der Waals surface area contributed by atoms with Gasteiger partial charge in [0, 0.05) is 17.0 Å². The maximum atomic E-state index is 12.6. The summed E-state index contributed by atoms with van der Waals surface area (Å²) in [7, 11) is 1.99. The van der Waals surface area contributed by atoms with Gasteiger partial charge in [-0.15, -0.1) is 0 Å². The average Bonchev–Trinajstić information content (AvgIpc) is 2.81. The van der Waals surface area contributed by atoms with E-state index >= 15 is 0 Å². The van der Waals surface area contributed by atoms with Crippen LogP contribution < -0.4 is 15.4 Å². The van der Waals surface area contributed by atoms with Crippen molar-refractivity contribution < 1.29 is 9.59 Å². The Balaban J connectivity index is 0.000000362. The molecule has 3 unspecified atom stereocenters. The van der Waals surface area contributed by atoms with Crippen molar-refractivity contribution in [1.82, 2.24) is 15.4 Å². The minimum absolute atomic E-state index is 0.173. The summed E-state index contributed by atoms with van der Waals surface area (Å²) in [4.78, 5) is 24.4. The fourth-order valence-electron chi connectivity index (χ4n) is 4.06. The number of carbonyl (C=O) groups is 2. The fourth-order valence-corrected chi connectivity index (χ4v) is 5.19. The van der Waals surface area contributed by atoms with Crippen LogP contribution in [0.1, 0.15) is 80.1 Å². The van der Waals surface area contributed by atoms with Crippen LogP contribution in [-0.4, -0.2) is 36.9 Å². The van der Waals surface area contributed by atoms with Crippen LogP contribution in [0.3, 0.4) is 0 Å². The van der Waals surface area contributed by atoms with E-state index in [0.717, 1.165) is 54.7 Å². The van der Waals surface area contributed by atoms with Crippen LogP contribution in [0.25, 0.3) is 0 Å². The van der Waals surface area contributed by atoms with Gasteiger partial charge in [0.05, 0.1) is 16.0 Å². The second-order valence-electron chi connectivity index (χ2n) is 10.2. The third-order valence-electron chi connectivity index (χ3n) is 6.84. The van der Waals surface area contributed by atoms with Gasteiger partial charge >= 0.3 is 0 Å². The standard InChI is InChI=1S/C17H34N2O.C11H12ClNOS/c1-8-10-11-17(6,16(20)19-13(3)4)12-15(9-2)14(5)18-7;12-9-4-1-2-5-10(9)15-13-11(8-14)6-3-7-11/h8,10,13-15,18H,9,11-12H2,1-7H3,(H,19,20);1-2,4-5,8,13H,3,6-7H2. The molecule has 3 N–H and O–H groups in total. The van der Waals surface area contributed by atoms with Gasteiger partial charge in [0.1, 0.15) is 6.29 Å². The Morgan fingerprint density at radius 2 is 1.91 bits per heavy atom. The molecule has 0 aliphatic heterocycles. The van der Waals surface area contributed by atoms with Crippen molar-refractivity contribution in [3.05, 3.63) is 41.4 Å². The molecule has 1 aromatic carbocycles. The van der Waals surface area contributed by atoms with E-state index in [9.17, 15) is 9.59 Å². The quantitative estimate of drug-likeness (QED) is 0.155. The normalized spacial score (nSPS) is 18.1. The van der Waals surface area contributed by atoms with Crippen LogP contribution in [0.4, 0.5) is 0 Å². The molecule has 1 aromatic rings. The summed E-state index contributed by atoms with van der Waals surface area (Å²) in [5.41, 5.74) is -0.646. The number of amides is 1. The predicted molar refractivity (Wildman–Crippen MR) is 151 cm³/mol. The molecular formula is C28H46ClN3O2S. The van der Waals surface area contributed by atoms with Gasteiger partial charge in [-0.2, -0.15) is 0 Å². The molecule has 0 radical (unpaired) electrons. The lowest BCUT2D eigenvalue weighted by Crippen LogP contribution is -2.49. The Labute approximate surface area is 222 Å². The van der Waals surface area contributed by atoms with E-state index in [2.05, 4.69) is 42.2 Å². The fraction of sp³-hybridized carbons (Fsp3) is 0.643. The monoisotopic (exact) mass is 523 g/mol. The molecule has 1 aliphatic carbocycles. The highest BCUT2D eigenvalue weighted by atomic mass is 35.5. The van der Waals surface area contributed by atoms with Crippen molar-refractivity contribution in [2.24, 2.45) is 11.3 Å². The van der Waals surface area contributed by atoms with Crippen molar-refractivity contribution in [1.29, 1.82) is 0 Å². The number of benzene rings is 1. The maximum absolute atomic E-state index is 12.6. The average molecular weight is 524 g/mol. The molecule has 5 nitrogen and oxygen atoms in total. The number of rotatable bonds is 13. The Kier molecular flexibility index (Phi) is 14.2. The summed E-state index contributed by atoms with van der Waals surface area (Å²) < 4.78 is 3.20. The highest BCUT2D eigenvalue weighted by molar-refractivity contribution is 7.97. The van der Waals surface area contributed by atoms with Gasteiger partial charge in [-0.05, 0) is 96.8 Å². The van der Waals surface area contributed by atoms with Gasteiger partial charge < -0.3 is 15.4 Å². The molecule has 1 fully saturated rings. The zero-order chi connectivity index (χ0) is 26.5. The van der Waals surface area contributed by atoms with Gasteiger partial charge in [0.25, 0.3) is 0 Å². The third-order valence-corrected chi connectivity index (χ3v) is 8.37. The second kappa shape index (κ2) is 15.7. The van der Waals surface area contributed by atoms with Crippen LogP contribution >= 0.6 is 23.5 Å². The lowest BCUT2D eigenvalue weighted by molar-refractivity contribution is -0.131. The van der Waals surface area contributed by atoms with E-state index in [0.29, 0.717) is 12.0 Å². The zero-order valence-corrected chi connectivity index (χ0v) is 24.2. The Hall–Kier alpha value is -1.34. The Morgan fingerprint density at radius 3 is 2.37 bits per heavy atom. The molecule has 0 bridgehead atoms. The molecule has 1 aliphatic rings. The molecule has 1 saturated carbocycles. The molecule has 0 aromatic heterocycles. The van der Waals surface area contributed by atoms with Crippen LogP contribution in [0, 0.1) is 11.3 Å². The van der Waals surface area contributed by atoms with Crippen molar-refractivity contribution in [3.63, 3.8) is 0 Å². The number of aldehydes is 1. The first-order chi connectivity index (χ1) is 16.6. The maximum Gasteiger partial charge on any atom is 0.226 e. The van der Waals surface area contributed by atoms with Gasteiger partial charge in [0.15, 0.2) is 0 Å². The van der Waals surface area contributed by atoms with Gasteiger partial charge in [-0.25, -0.2) is 4.72 Å². The summed E-state index contributed by atoms with van der Waals surface area (Å²) in [6, 6.07) is 8.23. The van der Waals surface area contributed by atoms with E-state index in [-0.39, 0.29) is 22.9 Å². The number of hydrogen-bond acceptors (Lipinski definition) is 5. The largest absolute Gasteiger partial charge is 0.353 e. The van der Waals surface area contributed by atoms with E-state index < -0.39 is 0 Å². The second-order valence-corrected chi connectivity index (χ2v) is 11.4. The number of halogens is 1. The van der Waals surface area contributed by atoms with Crippen molar-refractivity contribution in [2.75, 3.05) is 7.05 Å². The van der Waals surface area contributed by atoms with E-state index in [1.807, 2.05) is 58.2 Å². The first-order valence-electron chi connectivity index (χ1n) is 12.8. The molecule has 7 heteroatoms. The summed E-state index contributed by atoms with van der Waals surface area (Å²) in [5.74, 6) is 0.681. The molecular weight excluding hydrogens is 478 g/mol. The smallest absolute Gasteiger partial charge is 0.226 e. The predicted octanol–water partition coefficient (Wildman–Crippen LogP) is 6.57. The molecule has 0 spiro atoms. The van der Waals surface area contributed by atoms with Crippen molar-refractivity contribution in [2.45, 2.75) is 103 Å². The molecule has 1 amide bonds. The van der Waals surface area contributed by atoms with Crippen LogP contribution in [0.2, 0.25) is 5.02 Å². The number of nitrogens with one attached hydrogen (secondary N) is 3. The van der Waals surface area contributed by atoms with Gasteiger partial charge in [0.2, 0.25) is 5.91 Å². The first kappa shape index (κ1) is 31.7.